The van der Waals surface area contributed by atoms with Gasteiger partial charge in [-0.15, -0.1) is 0 Å². The maximum absolute atomic E-state index is 11.7. The molecule has 1 aromatic heterocycles. The van der Waals surface area contributed by atoms with Crippen molar-refractivity contribution in [3.05, 3.63) is 33.9 Å². The highest BCUT2D eigenvalue weighted by Crippen LogP contribution is 2.29. The topological polar surface area (TPSA) is 59.2 Å². The van der Waals surface area contributed by atoms with Crippen LogP contribution in [0.15, 0.2) is 22.8 Å². The van der Waals surface area contributed by atoms with Gasteiger partial charge in [-0.2, -0.15) is 0 Å². The van der Waals surface area contributed by atoms with Crippen molar-refractivity contribution < 1.29 is 14.3 Å². The van der Waals surface area contributed by atoms with Gasteiger partial charge in [-0.05, 0) is 19.1 Å². The molecule has 0 radical (unpaired) electrons. The Morgan fingerprint density at radius 1 is 1.53 bits per heavy atom. The Morgan fingerprint density at radius 2 is 2.29 bits per heavy atom. The van der Waals surface area contributed by atoms with E-state index in [4.69, 9.17) is 4.74 Å². The maximum Gasteiger partial charge on any atom is 0.340 e. The van der Waals surface area contributed by atoms with Crippen LogP contribution in [0.3, 0.4) is 0 Å². The van der Waals surface area contributed by atoms with E-state index in [-0.39, 0.29) is 0 Å². The predicted molar refractivity (Wildman–Crippen MR) is 67.3 cm³/mol. The van der Waals surface area contributed by atoms with Crippen LogP contribution in [-0.2, 0) is 4.74 Å². The van der Waals surface area contributed by atoms with Crippen molar-refractivity contribution in [3.8, 4) is 0 Å². The first-order valence-electron chi connectivity index (χ1n) is 5.11. The Bertz CT molecular complexity index is 589. The fraction of sp³-hybridized carbons (Fsp3) is 0.167. The number of hydrogen-bond donors (Lipinski definition) is 1. The zero-order valence-electron chi connectivity index (χ0n) is 9.12. The molecule has 0 aliphatic carbocycles. The third-order valence-corrected chi connectivity index (χ3v) is 3.10. The number of halogens is 1. The molecule has 2 rings (SSSR count). The number of aromatic amines is 1. The van der Waals surface area contributed by atoms with E-state index in [2.05, 4.69) is 20.9 Å². The monoisotopic (exact) mass is 295 g/mol. The van der Waals surface area contributed by atoms with Crippen LogP contribution >= 0.6 is 15.9 Å². The van der Waals surface area contributed by atoms with Gasteiger partial charge in [0.15, 0.2) is 6.29 Å². The average molecular weight is 296 g/mol. The lowest BCUT2D eigenvalue weighted by molar-refractivity contribution is 0.0528. The zero-order chi connectivity index (χ0) is 12.4. The van der Waals surface area contributed by atoms with Crippen molar-refractivity contribution in [1.29, 1.82) is 0 Å². The van der Waals surface area contributed by atoms with Gasteiger partial charge in [-0.3, -0.25) is 4.79 Å². The zero-order valence-corrected chi connectivity index (χ0v) is 10.7. The minimum Gasteiger partial charge on any atom is -0.462 e. The molecule has 17 heavy (non-hydrogen) atoms. The predicted octanol–water partition coefficient (Wildman–Crippen LogP) is 2.92. The van der Waals surface area contributed by atoms with Crippen molar-refractivity contribution >= 4 is 39.1 Å². The highest BCUT2D eigenvalue weighted by atomic mass is 79.9. The Balaban J connectivity index is 2.67. The largest absolute Gasteiger partial charge is 0.462 e. The summed E-state index contributed by atoms with van der Waals surface area (Å²) in [6.07, 6.45) is 2.32. The van der Waals surface area contributed by atoms with Gasteiger partial charge in [0.2, 0.25) is 0 Å². The van der Waals surface area contributed by atoms with E-state index in [1.165, 1.54) is 0 Å². The number of benzene rings is 1. The van der Waals surface area contributed by atoms with Crippen molar-refractivity contribution in [2.45, 2.75) is 6.92 Å². The summed E-state index contributed by atoms with van der Waals surface area (Å²) in [5.74, 6) is -0.399. The summed E-state index contributed by atoms with van der Waals surface area (Å²) in [7, 11) is 0. The Kier molecular flexibility index (Phi) is 3.28. The summed E-state index contributed by atoms with van der Waals surface area (Å²) < 4.78 is 5.72. The molecule has 0 unspecified atom stereocenters. The molecule has 0 amide bonds. The van der Waals surface area contributed by atoms with Gasteiger partial charge in [-0.1, -0.05) is 15.9 Å². The number of hydrogen-bond acceptors (Lipinski definition) is 3. The Hall–Kier alpha value is -1.62. The molecule has 0 spiro atoms. The molecule has 0 saturated heterocycles. The molecule has 0 saturated carbocycles. The van der Waals surface area contributed by atoms with E-state index >= 15 is 0 Å². The highest BCUT2D eigenvalue weighted by molar-refractivity contribution is 9.10. The SMILES string of the molecule is CCOC(=O)c1ccc(Br)c2c(C=O)c[nH]c12. The number of nitrogens with one attached hydrogen (secondary N) is 1. The number of fused-ring (bicyclic) bond motifs is 1. The first-order chi connectivity index (χ1) is 8.19. The molecule has 0 aliphatic heterocycles. The summed E-state index contributed by atoms with van der Waals surface area (Å²) in [6, 6.07) is 3.39. The van der Waals surface area contributed by atoms with Crippen LogP contribution in [0, 0.1) is 0 Å². The van der Waals surface area contributed by atoms with Gasteiger partial charge >= 0.3 is 5.97 Å². The summed E-state index contributed by atoms with van der Waals surface area (Å²) in [5, 5.41) is 0.700. The molecular formula is C12H10BrNO3. The minimum absolute atomic E-state index is 0.317. The van der Waals surface area contributed by atoms with Gasteiger partial charge in [-0.25, -0.2) is 4.79 Å². The van der Waals surface area contributed by atoms with E-state index < -0.39 is 5.97 Å². The molecule has 88 valence electrons. The van der Waals surface area contributed by atoms with Crippen molar-refractivity contribution in [3.63, 3.8) is 0 Å². The quantitative estimate of drug-likeness (QED) is 0.700. The molecule has 1 aromatic carbocycles. The lowest BCUT2D eigenvalue weighted by Crippen LogP contribution is -2.05. The fourth-order valence-electron chi connectivity index (χ4n) is 1.70. The normalized spacial score (nSPS) is 10.5. The first-order valence-corrected chi connectivity index (χ1v) is 5.90. The second kappa shape index (κ2) is 4.71. The number of rotatable bonds is 3. The summed E-state index contributed by atoms with van der Waals surface area (Å²) in [6.45, 7) is 2.07. The van der Waals surface area contributed by atoms with Gasteiger partial charge in [0.05, 0.1) is 17.7 Å². The molecule has 4 nitrogen and oxygen atoms in total. The van der Waals surface area contributed by atoms with Gasteiger partial charge in [0, 0.05) is 21.6 Å². The van der Waals surface area contributed by atoms with Crippen LogP contribution in [0.4, 0.5) is 0 Å². The summed E-state index contributed by atoms with van der Waals surface area (Å²) in [4.78, 5) is 25.5. The number of carbonyl (C=O) groups excluding carboxylic acids is 2. The summed E-state index contributed by atoms with van der Waals surface area (Å²) >= 11 is 3.36. The molecule has 2 aromatic rings. The molecule has 5 heteroatoms. The number of aromatic nitrogens is 1. The number of ether oxygens (including phenoxy) is 1. The van der Waals surface area contributed by atoms with Crippen LogP contribution in [0.5, 0.6) is 0 Å². The van der Waals surface area contributed by atoms with Crippen LogP contribution < -0.4 is 0 Å². The number of aldehydes is 1. The van der Waals surface area contributed by atoms with Crippen LogP contribution in [-0.4, -0.2) is 23.8 Å². The van der Waals surface area contributed by atoms with Gasteiger partial charge in [0.25, 0.3) is 0 Å². The van der Waals surface area contributed by atoms with Gasteiger partial charge in [0.1, 0.15) is 0 Å². The highest BCUT2D eigenvalue weighted by Gasteiger charge is 2.16. The minimum atomic E-state index is -0.399. The summed E-state index contributed by atoms with van der Waals surface area (Å²) in [5.41, 5.74) is 1.55. The number of esters is 1. The standard InChI is InChI=1S/C12H10BrNO3/c1-2-17-12(16)8-3-4-9(13)10-7(6-15)5-14-11(8)10/h3-6,14H,2H2,1H3. The van der Waals surface area contributed by atoms with E-state index in [1.807, 2.05) is 0 Å². The van der Waals surface area contributed by atoms with Crippen LogP contribution in [0.1, 0.15) is 27.6 Å². The molecule has 0 fully saturated rings. The molecule has 0 atom stereocenters. The second-order valence-electron chi connectivity index (χ2n) is 3.43. The molecule has 1 N–H and O–H groups in total. The van der Waals surface area contributed by atoms with Crippen molar-refractivity contribution in [2.24, 2.45) is 0 Å². The van der Waals surface area contributed by atoms with Crippen LogP contribution in [0.2, 0.25) is 0 Å². The smallest absolute Gasteiger partial charge is 0.340 e. The Labute approximate surface area is 106 Å². The van der Waals surface area contributed by atoms with Crippen molar-refractivity contribution in [1.82, 2.24) is 4.98 Å². The number of carbonyl (C=O) groups is 2. The van der Waals surface area contributed by atoms with Crippen LogP contribution in [0.25, 0.3) is 10.9 Å². The van der Waals surface area contributed by atoms with Gasteiger partial charge < -0.3 is 9.72 Å². The van der Waals surface area contributed by atoms with Crippen molar-refractivity contribution in [2.75, 3.05) is 6.61 Å². The van der Waals surface area contributed by atoms with E-state index in [0.29, 0.717) is 28.6 Å². The second-order valence-corrected chi connectivity index (χ2v) is 4.28. The maximum atomic E-state index is 11.7. The lowest BCUT2D eigenvalue weighted by Gasteiger charge is -2.04. The van der Waals surface area contributed by atoms with E-state index in [9.17, 15) is 9.59 Å². The fourth-order valence-corrected chi connectivity index (χ4v) is 2.26. The van der Waals surface area contributed by atoms with E-state index in [1.54, 1.807) is 25.3 Å². The third kappa shape index (κ3) is 1.98. The number of H-pyrrole nitrogens is 1. The Morgan fingerprint density at radius 3 is 2.94 bits per heavy atom. The molecular weight excluding hydrogens is 286 g/mol. The third-order valence-electron chi connectivity index (χ3n) is 2.44. The molecule has 0 bridgehead atoms. The van der Waals surface area contributed by atoms with E-state index in [0.717, 1.165) is 10.8 Å². The first kappa shape index (κ1) is 11.9. The average Bonchev–Trinajstić information content (AvgIpc) is 2.74. The molecule has 1 heterocycles. The lowest BCUT2D eigenvalue weighted by atomic mass is 10.1. The molecule has 0 aliphatic rings.